The van der Waals surface area contributed by atoms with E-state index in [4.69, 9.17) is 4.74 Å². The van der Waals surface area contributed by atoms with E-state index in [1.807, 2.05) is 12.1 Å². The first-order valence-corrected chi connectivity index (χ1v) is 4.96. The lowest BCUT2D eigenvalue weighted by atomic mass is 10.2. The zero-order valence-electron chi connectivity index (χ0n) is 8.20. The molecule has 0 unspecified atom stereocenters. The Hall–Kier alpha value is -1.05. The van der Waals surface area contributed by atoms with Gasteiger partial charge in [0.05, 0.1) is 6.61 Å². The van der Waals surface area contributed by atoms with E-state index in [1.165, 1.54) is 19.3 Å². The topological polar surface area (TPSA) is 22.1 Å². The smallest absolute Gasteiger partial charge is 0.122 e. The Kier molecular flexibility index (Phi) is 4.99. The third-order valence-electron chi connectivity index (χ3n) is 1.92. The van der Waals surface area contributed by atoms with Crippen LogP contribution in [0.3, 0.4) is 0 Å². The summed E-state index contributed by atoms with van der Waals surface area (Å²) in [5.74, 6) is 0.923. The molecule has 1 aromatic heterocycles. The number of rotatable bonds is 6. The third kappa shape index (κ3) is 4.51. The van der Waals surface area contributed by atoms with Gasteiger partial charge in [0.25, 0.3) is 0 Å². The molecule has 2 nitrogen and oxygen atoms in total. The van der Waals surface area contributed by atoms with Crippen molar-refractivity contribution in [2.45, 2.75) is 32.6 Å². The van der Waals surface area contributed by atoms with Crippen LogP contribution >= 0.6 is 0 Å². The van der Waals surface area contributed by atoms with Crippen molar-refractivity contribution in [3.63, 3.8) is 0 Å². The van der Waals surface area contributed by atoms with Crippen molar-refractivity contribution >= 4 is 0 Å². The van der Waals surface area contributed by atoms with E-state index in [2.05, 4.69) is 11.9 Å². The Morgan fingerprint density at radius 3 is 2.62 bits per heavy atom. The van der Waals surface area contributed by atoms with Crippen molar-refractivity contribution in [3.8, 4) is 5.75 Å². The quantitative estimate of drug-likeness (QED) is 0.626. The predicted molar refractivity (Wildman–Crippen MR) is 53.9 cm³/mol. The fraction of sp³-hybridized carbons (Fsp3) is 0.545. The standard InChI is InChI=1S/C11H17NO/c1-2-3-4-5-10-13-11-6-8-12-9-7-11/h6-9H,2-5,10H2,1H3. The van der Waals surface area contributed by atoms with Crippen LogP contribution in [-0.2, 0) is 0 Å². The normalized spacial score (nSPS) is 9.92. The molecule has 1 aromatic rings. The van der Waals surface area contributed by atoms with Gasteiger partial charge in [-0.1, -0.05) is 26.2 Å². The summed E-state index contributed by atoms with van der Waals surface area (Å²) in [7, 11) is 0. The molecule has 0 amide bonds. The first-order valence-electron chi connectivity index (χ1n) is 4.96. The lowest BCUT2D eigenvalue weighted by Crippen LogP contribution is -1.96. The minimum atomic E-state index is 0.823. The number of ether oxygens (including phenoxy) is 1. The maximum absolute atomic E-state index is 5.51. The van der Waals surface area contributed by atoms with Crippen LogP contribution in [0.25, 0.3) is 0 Å². The van der Waals surface area contributed by atoms with Crippen molar-refractivity contribution < 1.29 is 4.74 Å². The number of unbranched alkanes of at least 4 members (excludes halogenated alkanes) is 3. The number of nitrogens with zero attached hydrogens (tertiary/aromatic N) is 1. The first-order chi connectivity index (χ1) is 6.43. The zero-order valence-corrected chi connectivity index (χ0v) is 8.20. The van der Waals surface area contributed by atoms with Crippen LogP contribution in [0.2, 0.25) is 0 Å². The molecule has 0 aliphatic rings. The fourth-order valence-electron chi connectivity index (χ4n) is 1.15. The van der Waals surface area contributed by atoms with E-state index in [9.17, 15) is 0 Å². The molecular weight excluding hydrogens is 162 g/mol. The lowest BCUT2D eigenvalue weighted by Gasteiger charge is -2.04. The van der Waals surface area contributed by atoms with Gasteiger partial charge in [-0.15, -0.1) is 0 Å². The Balaban J connectivity index is 2.07. The summed E-state index contributed by atoms with van der Waals surface area (Å²) < 4.78 is 5.51. The summed E-state index contributed by atoms with van der Waals surface area (Å²) in [4.78, 5) is 3.92. The number of pyridine rings is 1. The fourth-order valence-corrected chi connectivity index (χ4v) is 1.15. The Morgan fingerprint density at radius 2 is 1.92 bits per heavy atom. The average Bonchev–Trinajstić information content (AvgIpc) is 2.19. The summed E-state index contributed by atoms with van der Waals surface area (Å²) >= 11 is 0. The van der Waals surface area contributed by atoms with Crippen molar-refractivity contribution in [2.24, 2.45) is 0 Å². The lowest BCUT2D eigenvalue weighted by molar-refractivity contribution is 0.305. The minimum Gasteiger partial charge on any atom is -0.493 e. The highest BCUT2D eigenvalue weighted by Crippen LogP contribution is 2.08. The molecular formula is C11H17NO. The number of hydrogen-bond acceptors (Lipinski definition) is 2. The van der Waals surface area contributed by atoms with Gasteiger partial charge in [-0.25, -0.2) is 0 Å². The van der Waals surface area contributed by atoms with Gasteiger partial charge >= 0.3 is 0 Å². The molecule has 0 aromatic carbocycles. The van der Waals surface area contributed by atoms with Crippen LogP contribution < -0.4 is 4.74 Å². The molecule has 0 saturated carbocycles. The third-order valence-corrected chi connectivity index (χ3v) is 1.92. The van der Waals surface area contributed by atoms with E-state index in [-0.39, 0.29) is 0 Å². The van der Waals surface area contributed by atoms with Crippen molar-refractivity contribution in [1.29, 1.82) is 0 Å². The number of hydrogen-bond donors (Lipinski definition) is 0. The molecule has 0 saturated heterocycles. The molecule has 2 heteroatoms. The summed E-state index contributed by atoms with van der Waals surface area (Å²) in [5.41, 5.74) is 0. The van der Waals surface area contributed by atoms with E-state index in [0.29, 0.717) is 0 Å². The highest BCUT2D eigenvalue weighted by atomic mass is 16.5. The average molecular weight is 179 g/mol. The van der Waals surface area contributed by atoms with Crippen LogP contribution in [0.15, 0.2) is 24.5 Å². The van der Waals surface area contributed by atoms with Gasteiger partial charge in [-0.3, -0.25) is 4.98 Å². The summed E-state index contributed by atoms with van der Waals surface area (Å²) in [5, 5.41) is 0. The highest BCUT2D eigenvalue weighted by molar-refractivity contribution is 5.16. The SMILES string of the molecule is CCCCCCOc1ccncc1. The van der Waals surface area contributed by atoms with Crippen LogP contribution in [0.1, 0.15) is 32.6 Å². The largest absolute Gasteiger partial charge is 0.493 e. The highest BCUT2D eigenvalue weighted by Gasteiger charge is 1.91. The molecule has 1 heterocycles. The van der Waals surface area contributed by atoms with Gasteiger partial charge < -0.3 is 4.74 Å². The summed E-state index contributed by atoms with van der Waals surface area (Å²) in [6.45, 7) is 3.04. The summed E-state index contributed by atoms with van der Waals surface area (Å²) in [6.07, 6.45) is 8.50. The van der Waals surface area contributed by atoms with Crippen LogP contribution in [0.5, 0.6) is 5.75 Å². The van der Waals surface area contributed by atoms with Gasteiger partial charge in [-0.05, 0) is 18.6 Å². The van der Waals surface area contributed by atoms with Gasteiger partial charge in [0.1, 0.15) is 5.75 Å². The number of aromatic nitrogens is 1. The molecule has 0 fully saturated rings. The monoisotopic (exact) mass is 179 g/mol. The van der Waals surface area contributed by atoms with Crippen LogP contribution in [0, 0.1) is 0 Å². The molecule has 0 atom stereocenters. The van der Waals surface area contributed by atoms with Gasteiger partial charge in [0, 0.05) is 12.4 Å². The first kappa shape index (κ1) is 10.0. The second-order valence-corrected chi connectivity index (χ2v) is 3.09. The molecule has 0 bridgehead atoms. The summed E-state index contributed by atoms with van der Waals surface area (Å²) in [6, 6.07) is 3.78. The Labute approximate surface area is 80.0 Å². The molecule has 0 N–H and O–H groups in total. The zero-order chi connectivity index (χ0) is 9.36. The minimum absolute atomic E-state index is 0.823. The van der Waals surface area contributed by atoms with Crippen molar-refractivity contribution in [2.75, 3.05) is 6.61 Å². The maximum atomic E-state index is 5.51. The van der Waals surface area contributed by atoms with Crippen LogP contribution in [-0.4, -0.2) is 11.6 Å². The maximum Gasteiger partial charge on any atom is 0.122 e. The van der Waals surface area contributed by atoms with E-state index < -0.39 is 0 Å². The van der Waals surface area contributed by atoms with E-state index in [0.717, 1.165) is 18.8 Å². The molecule has 0 radical (unpaired) electrons. The molecule has 0 aliphatic carbocycles. The molecule has 72 valence electrons. The second-order valence-electron chi connectivity index (χ2n) is 3.09. The second kappa shape index (κ2) is 6.46. The van der Waals surface area contributed by atoms with Gasteiger partial charge in [0.2, 0.25) is 0 Å². The molecule has 0 spiro atoms. The van der Waals surface area contributed by atoms with Crippen LogP contribution in [0.4, 0.5) is 0 Å². The van der Waals surface area contributed by atoms with E-state index in [1.54, 1.807) is 12.4 Å². The molecule has 1 rings (SSSR count). The van der Waals surface area contributed by atoms with Crippen molar-refractivity contribution in [3.05, 3.63) is 24.5 Å². The van der Waals surface area contributed by atoms with Gasteiger partial charge in [0.15, 0.2) is 0 Å². The molecule has 13 heavy (non-hydrogen) atoms. The predicted octanol–water partition coefficient (Wildman–Crippen LogP) is 3.04. The Bertz CT molecular complexity index is 211. The van der Waals surface area contributed by atoms with E-state index >= 15 is 0 Å². The van der Waals surface area contributed by atoms with Gasteiger partial charge in [-0.2, -0.15) is 0 Å². The van der Waals surface area contributed by atoms with Crippen molar-refractivity contribution in [1.82, 2.24) is 4.98 Å². The molecule has 0 aliphatic heterocycles. The Morgan fingerprint density at radius 1 is 1.15 bits per heavy atom.